The van der Waals surface area contributed by atoms with Gasteiger partial charge in [0.2, 0.25) is 0 Å². The molecule has 0 nitrogen and oxygen atoms in total. The molecule has 0 aliphatic carbocycles. The first-order valence-corrected chi connectivity index (χ1v) is 13.7. The van der Waals surface area contributed by atoms with Gasteiger partial charge < -0.3 is 65.6 Å². The summed E-state index contributed by atoms with van der Waals surface area (Å²) in [6.45, 7) is -0.469. The molecule has 0 atom stereocenters. The maximum absolute atomic E-state index is 3.58. The van der Waals surface area contributed by atoms with E-state index in [9.17, 15) is 0 Å². The van der Waals surface area contributed by atoms with Gasteiger partial charge in [0.1, 0.15) is 0 Å². The second kappa shape index (κ2) is 6.01. The molecule has 0 aliphatic heterocycles. The van der Waals surface area contributed by atoms with Crippen LogP contribution in [0.4, 0.5) is 0 Å². The van der Waals surface area contributed by atoms with Crippen LogP contribution >= 0.6 is 65.6 Å². The average molecular weight is 253 g/mol. The van der Waals surface area contributed by atoms with Crippen LogP contribution in [0.3, 0.4) is 0 Å². The molecule has 0 unspecified atom stereocenters. The van der Waals surface area contributed by atoms with Gasteiger partial charge in [-0.05, 0) is 0 Å². The molecular weight excluding hydrogens is 248 g/mol. The van der Waals surface area contributed by atoms with E-state index in [0.29, 0.717) is 0 Å². The number of rotatable bonds is 2. The lowest BCUT2D eigenvalue weighted by molar-refractivity contribution is 4.79. The van der Waals surface area contributed by atoms with Gasteiger partial charge in [-0.1, -0.05) is 0 Å². The molecule has 0 heterocycles. The minimum atomic E-state index is -0.180. The highest BCUT2D eigenvalue weighted by Crippen LogP contribution is 3.00. The van der Waals surface area contributed by atoms with E-state index in [1.807, 2.05) is 0 Å². The van der Waals surface area contributed by atoms with Crippen molar-refractivity contribution in [2.75, 3.05) is 0 Å². The van der Waals surface area contributed by atoms with Crippen molar-refractivity contribution in [1.29, 1.82) is 0 Å². The molecular formula is H5P8-5. The molecule has 0 saturated heterocycles. The van der Waals surface area contributed by atoms with Gasteiger partial charge in [0.25, 0.3) is 0 Å². The van der Waals surface area contributed by atoms with Crippen molar-refractivity contribution >= 4 is 65.6 Å². The average Bonchev–Trinajstić information content (AvgIpc) is 1.64. The van der Waals surface area contributed by atoms with Gasteiger partial charge >= 0.3 is 0 Å². The van der Waals surface area contributed by atoms with Crippen LogP contribution < -0.4 is 0 Å². The Morgan fingerprint density at radius 2 is 0.875 bits per heavy atom. The highest BCUT2D eigenvalue weighted by atomic mass is 33.1. The standard InChI is InChI=1S/H5P8/c1-6(2)8(5)7(3)4/h1-5H/q-5. The quantitative estimate of drug-likeness (QED) is 0.565. The zero-order valence-corrected chi connectivity index (χ0v) is 11.5. The number of hydrogen-bond acceptors (Lipinski definition) is 0. The molecule has 8 heavy (non-hydrogen) atoms. The highest BCUT2D eigenvalue weighted by Gasteiger charge is 1.70. The minimum absolute atomic E-state index is 0.109. The summed E-state index contributed by atoms with van der Waals surface area (Å²) in [5.41, 5.74) is 0. The molecule has 0 rings (SSSR count). The fourth-order valence-corrected chi connectivity index (χ4v) is 21.7. The monoisotopic (exact) mass is 253 g/mol. The minimum Gasteiger partial charge on any atom is -0.556 e. The molecule has 0 bridgehead atoms. The van der Waals surface area contributed by atoms with E-state index in [1.165, 1.54) is 0 Å². The maximum Gasteiger partial charge on any atom is -0.341 e. The number of hydrogen-bond donors (Lipinski definition) is 0. The Morgan fingerprint density at radius 1 is 0.625 bits per heavy atom. The van der Waals surface area contributed by atoms with Gasteiger partial charge in [0.15, 0.2) is 0 Å². The molecule has 0 aliphatic rings. The van der Waals surface area contributed by atoms with Crippen molar-refractivity contribution in [3.8, 4) is 0 Å². The third-order valence-corrected chi connectivity index (χ3v) is 30.7. The molecule has 0 N–H and O–H groups in total. The van der Waals surface area contributed by atoms with Gasteiger partial charge in [0, 0.05) is 0 Å². The molecule has 0 radical (unpaired) electrons. The molecule has 0 aromatic rings. The molecule has 0 fully saturated rings. The molecule has 0 aromatic carbocycles. The maximum atomic E-state index is 3.58. The topological polar surface area (TPSA) is 0 Å². The second-order valence-corrected chi connectivity index (χ2v) is 24.7. The van der Waals surface area contributed by atoms with Crippen molar-refractivity contribution < 1.29 is 0 Å². The van der Waals surface area contributed by atoms with Gasteiger partial charge in [-0.15, -0.1) is 0 Å². The smallest absolute Gasteiger partial charge is 0.341 e. The Balaban J connectivity index is 3.46. The van der Waals surface area contributed by atoms with Crippen LogP contribution in [0.15, 0.2) is 0 Å². The Labute approximate surface area is 65.8 Å². The van der Waals surface area contributed by atoms with Crippen LogP contribution in [-0.4, -0.2) is 0 Å². The van der Waals surface area contributed by atoms with E-state index in [-0.39, 0.29) is 21.0 Å². The fourth-order valence-electron chi connectivity index (χ4n) is 0.0894. The molecule has 0 saturated carbocycles. The third-order valence-electron chi connectivity index (χ3n) is 0.379. The van der Waals surface area contributed by atoms with Crippen LogP contribution in [0.25, 0.3) is 0 Å². The molecule has 0 amide bonds. The zero-order chi connectivity index (χ0) is 6.73. The largest absolute Gasteiger partial charge is 0.556 e. The van der Waals surface area contributed by atoms with Crippen molar-refractivity contribution in [2.24, 2.45) is 0 Å². The van der Waals surface area contributed by atoms with E-state index in [4.69, 9.17) is 0 Å². The lowest BCUT2D eigenvalue weighted by Crippen LogP contribution is -1.27. The molecule has 0 aromatic heterocycles. The first-order chi connectivity index (χ1) is 3.55. The zero-order valence-electron chi connectivity index (χ0n) is 3.84. The Morgan fingerprint density at radius 3 is 0.875 bits per heavy atom. The first kappa shape index (κ1) is 11.4. The van der Waals surface area contributed by atoms with E-state index in [0.717, 1.165) is 0 Å². The third kappa shape index (κ3) is 5.14. The van der Waals surface area contributed by atoms with Crippen molar-refractivity contribution in [1.82, 2.24) is 0 Å². The van der Waals surface area contributed by atoms with E-state index < -0.39 is 0 Å². The van der Waals surface area contributed by atoms with Crippen molar-refractivity contribution in [3.63, 3.8) is 0 Å². The van der Waals surface area contributed by atoms with Crippen LogP contribution in [0, 0.1) is 0 Å². The molecule has 50 valence electrons. The SMILES string of the molecule is [PH-]P([PH-])P([PH-])P([PH-])[PH-]. The highest BCUT2D eigenvalue weighted by molar-refractivity contribution is 9.06. The fraction of sp³-hybridized carbons (Fsp3) is 0. The summed E-state index contributed by atoms with van der Waals surface area (Å²) >= 11 is 0. The van der Waals surface area contributed by atoms with Crippen LogP contribution in [0.2, 0.25) is 0 Å². The van der Waals surface area contributed by atoms with Crippen molar-refractivity contribution in [2.45, 2.75) is 0 Å². The van der Waals surface area contributed by atoms with Crippen LogP contribution in [0.5, 0.6) is 0 Å². The second-order valence-electron chi connectivity index (χ2n) is 0.913. The normalized spacial score (nSPS) is 12.0. The summed E-state index contributed by atoms with van der Waals surface area (Å²) in [7, 11) is 17.6. The lowest BCUT2D eigenvalue weighted by Gasteiger charge is -2.58. The summed E-state index contributed by atoms with van der Waals surface area (Å²) in [6.07, 6.45) is 0. The lowest BCUT2D eigenvalue weighted by atomic mass is 28.8. The van der Waals surface area contributed by atoms with Gasteiger partial charge in [-0.2, -0.15) is 0 Å². The molecule has 8 heteroatoms. The summed E-state index contributed by atoms with van der Waals surface area (Å²) < 4.78 is 0. The Bertz CT molecular complexity index is 45.1. The van der Waals surface area contributed by atoms with Crippen LogP contribution in [0.1, 0.15) is 0 Å². The summed E-state index contributed by atoms with van der Waals surface area (Å²) in [4.78, 5) is 0. The van der Waals surface area contributed by atoms with Gasteiger partial charge in [-0.3, -0.25) is 0 Å². The predicted octanol–water partition coefficient (Wildman–Crippen LogP) is 5.55. The first-order valence-electron chi connectivity index (χ1n) is 1.52. The summed E-state index contributed by atoms with van der Waals surface area (Å²) in [6, 6.07) is 0. The van der Waals surface area contributed by atoms with Crippen LogP contribution in [-0.2, 0) is 0 Å². The summed E-state index contributed by atoms with van der Waals surface area (Å²) in [5, 5.41) is 0. The predicted molar refractivity (Wildman–Crippen MR) is 62.3 cm³/mol. The van der Waals surface area contributed by atoms with Crippen molar-refractivity contribution in [3.05, 3.63) is 0 Å². The summed E-state index contributed by atoms with van der Waals surface area (Å²) in [5.74, 6) is 0. The van der Waals surface area contributed by atoms with E-state index in [2.05, 4.69) is 44.6 Å². The molecule has 0 spiro atoms. The van der Waals surface area contributed by atoms with E-state index >= 15 is 0 Å². The van der Waals surface area contributed by atoms with E-state index in [1.54, 1.807) is 0 Å². The van der Waals surface area contributed by atoms with Gasteiger partial charge in [0.05, 0.1) is 0 Å². The Hall–Kier alpha value is 3.44. The van der Waals surface area contributed by atoms with Gasteiger partial charge in [-0.25, -0.2) is 0 Å². The Kier molecular flexibility index (Phi) is 8.60.